The molecule has 4 heterocycles. The first kappa shape index (κ1) is 23.6. The summed E-state index contributed by atoms with van der Waals surface area (Å²) in [5.41, 5.74) is 2.73. The number of carboxylic acids is 1. The lowest BCUT2D eigenvalue weighted by molar-refractivity contribution is -0.192. The van der Waals surface area contributed by atoms with E-state index in [4.69, 9.17) is 14.4 Å². The van der Waals surface area contributed by atoms with Crippen LogP contribution in [0, 0.1) is 19.3 Å². The van der Waals surface area contributed by atoms with E-state index in [2.05, 4.69) is 20.0 Å². The average molecular weight is 455 g/mol. The summed E-state index contributed by atoms with van der Waals surface area (Å²) in [4.78, 5) is 34.3. The molecule has 174 valence electrons. The van der Waals surface area contributed by atoms with Crippen LogP contribution in [0.2, 0.25) is 0 Å². The van der Waals surface area contributed by atoms with Gasteiger partial charge in [0.05, 0.1) is 29.2 Å². The molecule has 0 atom stereocenters. The zero-order valence-corrected chi connectivity index (χ0v) is 17.7. The Morgan fingerprint density at radius 2 is 1.72 bits per heavy atom. The topological polar surface area (TPSA) is 113 Å². The van der Waals surface area contributed by atoms with Crippen LogP contribution in [0.1, 0.15) is 36.3 Å². The number of aromatic nitrogens is 3. The Hall–Kier alpha value is -3.02. The van der Waals surface area contributed by atoms with Gasteiger partial charge in [0, 0.05) is 18.7 Å². The lowest BCUT2D eigenvalue weighted by atomic mass is 9.77. The van der Waals surface area contributed by atoms with E-state index in [9.17, 15) is 18.0 Å². The number of carboxylic acid groups (broad SMARTS) is 1. The predicted octanol–water partition coefficient (Wildman–Crippen LogP) is 2.73. The third-order valence-corrected chi connectivity index (χ3v) is 5.99. The van der Waals surface area contributed by atoms with Crippen molar-refractivity contribution in [2.75, 3.05) is 24.5 Å². The molecule has 1 amide bonds. The highest BCUT2D eigenvalue weighted by Gasteiger charge is 2.48. The maximum Gasteiger partial charge on any atom is 0.490 e. The van der Waals surface area contributed by atoms with Crippen molar-refractivity contribution < 1.29 is 32.4 Å². The van der Waals surface area contributed by atoms with Crippen molar-refractivity contribution in [2.45, 2.75) is 45.8 Å². The number of anilines is 1. The minimum atomic E-state index is -5.08. The Labute approximate surface area is 182 Å². The zero-order chi connectivity index (χ0) is 23.5. The van der Waals surface area contributed by atoms with Gasteiger partial charge >= 0.3 is 12.1 Å². The monoisotopic (exact) mass is 455 g/mol. The molecule has 0 radical (unpaired) electrons. The van der Waals surface area contributed by atoms with Gasteiger partial charge in [-0.15, -0.1) is 0 Å². The molecule has 32 heavy (non-hydrogen) atoms. The molecular formula is C20H24F3N5O4. The fraction of sp³-hybridized carbons (Fsp3) is 0.550. The number of hydrogen-bond acceptors (Lipinski definition) is 7. The zero-order valence-electron chi connectivity index (χ0n) is 17.7. The molecule has 2 aliphatic heterocycles. The number of aryl methyl sites for hydroxylation is 2. The van der Waals surface area contributed by atoms with E-state index >= 15 is 0 Å². The second kappa shape index (κ2) is 9.23. The molecule has 2 aliphatic rings. The van der Waals surface area contributed by atoms with Gasteiger partial charge < -0.3 is 14.5 Å². The number of carbonyl (C=O) groups is 2. The molecule has 2 fully saturated rings. The first-order valence-electron chi connectivity index (χ1n) is 10.0. The van der Waals surface area contributed by atoms with E-state index in [1.54, 1.807) is 12.4 Å². The number of amides is 1. The summed E-state index contributed by atoms with van der Waals surface area (Å²) in [6.45, 7) is 7.40. The molecule has 4 rings (SSSR count). The van der Waals surface area contributed by atoms with Gasteiger partial charge in [-0.1, -0.05) is 5.16 Å². The summed E-state index contributed by atoms with van der Waals surface area (Å²) in [6, 6.07) is 0. The van der Waals surface area contributed by atoms with Crippen molar-refractivity contribution in [3.8, 4) is 0 Å². The first-order valence-corrected chi connectivity index (χ1v) is 10.0. The molecule has 12 heteroatoms. The van der Waals surface area contributed by atoms with Crippen molar-refractivity contribution >= 4 is 17.6 Å². The number of alkyl halides is 3. The Balaban J connectivity index is 0.000000360. The van der Waals surface area contributed by atoms with Crippen molar-refractivity contribution in [1.82, 2.24) is 20.0 Å². The van der Waals surface area contributed by atoms with Gasteiger partial charge in [0.15, 0.2) is 0 Å². The molecule has 2 aromatic rings. The van der Waals surface area contributed by atoms with E-state index < -0.39 is 12.1 Å². The second-order valence-electron chi connectivity index (χ2n) is 7.97. The summed E-state index contributed by atoms with van der Waals surface area (Å²) in [5.74, 6) is -1.63. The van der Waals surface area contributed by atoms with Crippen LogP contribution in [0.25, 0.3) is 0 Å². The van der Waals surface area contributed by atoms with Gasteiger partial charge in [0.1, 0.15) is 12.1 Å². The van der Waals surface area contributed by atoms with Gasteiger partial charge in [0.2, 0.25) is 5.91 Å². The summed E-state index contributed by atoms with van der Waals surface area (Å²) in [7, 11) is 0. The van der Waals surface area contributed by atoms with Crippen LogP contribution in [-0.2, 0) is 16.1 Å². The lowest BCUT2D eigenvalue weighted by Crippen LogP contribution is -2.44. The third kappa shape index (κ3) is 5.06. The summed E-state index contributed by atoms with van der Waals surface area (Å²) >= 11 is 0. The summed E-state index contributed by atoms with van der Waals surface area (Å²) < 4.78 is 37.0. The second-order valence-corrected chi connectivity index (χ2v) is 7.97. The Morgan fingerprint density at radius 1 is 1.16 bits per heavy atom. The molecule has 9 nitrogen and oxygen atoms in total. The number of aliphatic carboxylic acids is 1. The molecule has 1 N–H and O–H groups in total. The average Bonchev–Trinajstić information content (AvgIpc) is 3.24. The Morgan fingerprint density at radius 3 is 2.22 bits per heavy atom. The van der Waals surface area contributed by atoms with Gasteiger partial charge in [-0.3, -0.25) is 9.69 Å². The number of nitrogens with zero attached hydrogens (tertiary/aromatic N) is 5. The van der Waals surface area contributed by atoms with Gasteiger partial charge in [-0.25, -0.2) is 14.8 Å². The highest BCUT2D eigenvalue weighted by molar-refractivity contribution is 5.99. The highest BCUT2D eigenvalue weighted by Crippen LogP contribution is 2.43. The number of carbonyl (C=O) groups excluding carboxylic acids is 1. The van der Waals surface area contributed by atoms with Crippen molar-refractivity contribution in [3.63, 3.8) is 0 Å². The number of piperidine rings is 1. The van der Waals surface area contributed by atoms with E-state index in [1.165, 1.54) is 11.9 Å². The predicted molar refractivity (Wildman–Crippen MR) is 106 cm³/mol. The SMILES string of the molecule is Cc1noc(C)c1CN1CCC2(CC1)CCN(c1cncnc1)C2=O.O=C(O)C(F)(F)F. The summed E-state index contributed by atoms with van der Waals surface area (Å²) in [5, 5.41) is 11.2. The van der Waals surface area contributed by atoms with Crippen LogP contribution in [0.15, 0.2) is 23.2 Å². The van der Waals surface area contributed by atoms with Crippen LogP contribution >= 0.6 is 0 Å². The molecule has 0 aliphatic carbocycles. The standard InChI is InChI=1S/C18H23N5O2.C2HF3O2/c1-13-16(14(2)25-21-13)11-22-6-3-18(4-7-22)5-8-23(17(18)24)15-9-19-12-20-10-15;3-2(4,5)1(6)7/h9-10,12H,3-8,11H2,1-2H3;(H,6,7). The molecule has 0 saturated carbocycles. The van der Waals surface area contributed by atoms with Crippen LogP contribution in [0.3, 0.4) is 0 Å². The molecule has 2 saturated heterocycles. The Kier molecular flexibility index (Phi) is 6.82. The number of rotatable bonds is 3. The minimum absolute atomic E-state index is 0.217. The smallest absolute Gasteiger partial charge is 0.475 e. The maximum atomic E-state index is 13.0. The number of hydrogen-bond donors (Lipinski definition) is 1. The fourth-order valence-corrected chi connectivity index (χ4v) is 4.05. The van der Waals surface area contributed by atoms with Crippen LogP contribution < -0.4 is 4.90 Å². The molecule has 2 aromatic heterocycles. The Bertz CT molecular complexity index is 936. The van der Waals surface area contributed by atoms with E-state index in [0.717, 1.165) is 62.6 Å². The van der Waals surface area contributed by atoms with E-state index in [-0.39, 0.29) is 11.3 Å². The molecule has 0 unspecified atom stereocenters. The minimum Gasteiger partial charge on any atom is -0.475 e. The van der Waals surface area contributed by atoms with Crippen molar-refractivity contribution in [1.29, 1.82) is 0 Å². The maximum absolute atomic E-state index is 13.0. The van der Waals surface area contributed by atoms with Gasteiger partial charge in [-0.05, 0) is 46.2 Å². The molecule has 0 bridgehead atoms. The molecular weight excluding hydrogens is 431 g/mol. The van der Waals surface area contributed by atoms with Crippen molar-refractivity contribution in [3.05, 3.63) is 35.7 Å². The first-order chi connectivity index (χ1) is 15.0. The quantitative estimate of drug-likeness (QED) is 0.752. The highest BCUT2D eigenvalue weighted by atomic mass is 19.4. The van der Waals surface area contributed by atoms with Gasteiger partial charge in [0.25, 0.3) is 0 Å². The van der Waals surface area contributed by atoms with Crippen LogP contribution in [-0.4, -0.2) is 62.8 Å². The van der Waals surface area contributed by atoms with Crippen molar-refractivity contribution in [2.24, 2.45) is 5.41 Å². The number of likely N-dealkylation sites (tertiary alicyclic amines) is 1. The van der Waals surface area contributed by atoms with Crippen LogP contribution in [0.4, 0.5) is 18.9 Å². The number of halogens is 3. The molecule has 1 spiro atoms. The van der Waals surface area contributed by atoms with Gasteiger partial charge in [-0.2, -0.15) is 13.2 Å². The van der Waals surface area contributed by atoms with Crippen LogP contribution in [0.5, 0.6) is 0 Å². The third-order valence-electron chi connectivity index (χ3n) is 5.99. The normalized spacial score (nSPS) is 18.5. The van der Waals surface area contributed by atoms with E-state index in [0.29, 0.717) is 0 Å². The molecule has 0 aromatic carbocycles. The van der Waals surface area contributed by atoms with E-state index in [1.807, 2.05) is 18.7 Å². The lowest BCUT2D eigenvalue weighted by Gasteiger charge is -2.37. The fourth-order valence-electron chi connectivity index (χ4n) is 4.05. The largest absolute Gasteiger partial charge is 0.490 e. The summed E-state index contributed by atoms with van der Waals surface area (Å²) in [6.07, 6.45) is 2.57.